The van der Waals surface area contributed by atoms with Crippen molar-refractivity contribution in [2.24, 2.45) is 4.99 Å². The van der Waals surface area contributed by atoms with Crippen molar-refractivity contribution in [3.63, 3.8) is 0 Å². The zero-order chi connectivity index (χ0) is 21.8. The van der Waals surface area contributed by atoms with E-state index < -0.39 is 0 Å². The van der Waals surface area contributed by atoms with E-state index in [2.05, 4.69) is 44.6 Å². The summed E-state index contributed by atoms with van der Waals surface area (Å²) in [7, 11) is 1.78. The molecule has 31 heavy (non-hydrogen) atoms. The molecule has 2 aromatic carbocycles. The number of nitrogen functional groups attached to an aromatic ring is 1. The number of nitrogens with two attached hydrogens (primary N) is 1. The third-order valence-electron chi connectivity index (χ3n) is 5.40. The highest BCUT2D eigenvalue weighted by atomic mass is 19.1. The van der Waals surface area contributed by atoms with E-state index >= 15 is 0 Å². The molecule has 0 saturated carbocycles. The third kappa shape index (κ3) is 4.08. The van der Waals surface area contributed by atoms with E-state index in [1.54, 1.807) is 19.2 Å². The molecule has 8 heteroatoms. The topological polar surface area (TPSA) is 95.3 Å². The molecule has 0 bridgehead atoms. The fraction of sp³-hybridized carbons (Fsp3) is 0.261. The van der Waals surface area contributed by atoms with Crippen molar-refractivity contribution in [1.82, 2.24) is 15.1 Å². The Balaban J connectivity index is 1.40. The summed E-state index contributed by atoms with van der Waals surface area (Å²) in [5, 5.41) is 17.4. The maximum Gasteiger partial charge on any atom is 0.198 e. The van der Waals surface area contributed by atoms with Gasteiger partial charge < -0.3 is 16.0 Å². The number of para-hydroxylation sites is 1. The average molecular weight is 417 g/mol. The van der Waals surface area contributed by atoms with Crippen LogP contribution in [0.15, 0.2) is 53.5 Å². The Morgan fingerprint density at radius 1 is 1.26 bits per heavy atom. The van der Waals surface area contributed by atoms with Gasteiger partial charge in [-0.1, -0.05) is 18.2 Å². The van der Waals surface area contributed by atoms with Crippen LogP contribution in [0.5, 0.6) is 0 Å². The molecule has 0 saturated heterocycles. The summed E-state index contributed by atoms with van der Waals surface area (Å²) in [5.41, 5.74) is 10.3. The third-order valence-corrected chi connectivity index (χ3v) is 5.40. The summed E-state index contributed by atoms with van der Waals surface area (Å²) in [6.45, 7) is 1.58. The van der Waals surface area contributed by atoms with Crippen LogP contribution in [0, 0.1) is 17.1 Å². The molecule has 0 unspecified atom stereocenters. The summed E-state index contributed by atoms with van der Waals surface area (Å²) in [5.74, 6) is 0.763. The molecule has 2 heterocycles. The van der Waals surface area contributed by atoms with Gasteiger partial charge in [-0.2, -0.15) is 10.4 Å². The van der Waals surface area contributed by atoms with Crippen molar-refractivity contribution in [1.29, 1.82) is 5.26 Å². The molecule has 158 valence electrons. The van der Waals surface area contributed by atoms with Gasteiger partial charge in [0.15, 0.2) is 5.96 Å². The monoisotopic (exact) mass is 417 g/mol. The van der Waals surface area contributed by atoms with Crippen molar-refractivity contribution < 1.29 is 4.39 Å². The van der Waals surface area contributed by atoms with Crippen molar-refractivity contribution in [3.05, 3.63) is 71.2 Å². The molecular weight excluding hydrogens is 393 g/mol. The smallest absolute Gasteiger partial charge is 0.198 e. The van der Waals surface area contributed by atoms with Gasteiger partial charge in [0.25, 0.3) is 0 Å². The SMILES string of the molecule is CN=C(NCCCc1nn(-c2ccc(F)cc2)c(N)c1C#N)N1CCc2ccccc21. The number of nitrogens with one attached hydrogen (secondary N) is 1. The number of aliphatic imine (C=N–C) groups is 1. The molecule has 4 rings (SSSR count). The van der Waals surface area contributed by atoms with Crippen molar-refractivity contribution in [3.8, 4) is 11.8 Å². The molecule has 0 spiro atoms. The van der Waals surface area contributed by atoms with Crippen LogP contribution in [0.4, 0.5) is 15.9 Å². The largest absolute Gasteiger partial charge is 0.382 e. The summed E-state index contributed by atoms with van der Waals surface area (Å²) in [6, 6.07) is 16.4. The molecular formula is C23H24FN7. The number of guanidine groups is 1. The number of nitriles is 1. The Morgan fingerprint density at radius 2 is 2.03 bits per heavy atom. The highest BCUT2D eigenvalue weighted by Crippen LogP contribution is 2.27. The van der Waals surface area contributed by atoms with E-state index in [4.69, 9.17) is 5.73 Å². The van der Waals surface area contributed by atoms with Gasteiger partial charge in [-0.05, 0) is 55.2 Å². The molecule has 3 aromatic rings. The van der Waals surface area contributed by atoms with Gasteiger partial charge in [0.1, 0.15) is 23.3 Å². The minimum atomic E-state index is -0.338. The fourth-order valence-corrected chi connectivity index (χ4v) is 3.86. The van der Waals surface area contributed by atoms with Gasteiger partial charge in [0.2, 0.25) is 0 Å². The van der Waals surface area contributed by atoms with Crippen LogP contribution in [0.25, 0.3) is 5.69 Å². The summed E-state index contributed by atoms with van der Waals surface area (Å²) in [6.07, 6.45) is 2.34. The maximum absolute atomic E-state index is 13.2. The second-order valence-corrected chi connectivity index (χ2v) is 7.31. The highest BCUT2D eigenvalue weighted by molar-refractivity contribution is 5.97. The number of rotatable bonds is 5. The number of hydrogen-bond acceptors (Lipinski definition) is 4. The Bertz CT molecular complexity index is 1140. The predicted molar refractivity (Wildman–Crippen MR) is 120 cm³/mol. The lowest BCUT2D eigenvalue weighted by Crippen LogP contribution is -2.41. The van der Waals surface area contributed by atoms with E-state index in [1.807, 2.05) is 6.07 Å². The lowest BCUT2D eigenvalue weighted by Gasteiger charge is -2.22. The van der Waals surface area contributed by atoms with Crippen LogP contribution in [-0.4, -0.2) is 35.9 Å². The Morgan fingerprint density at radius 3 is 2.77 bits per heavy atom. The number of anilines is 2. The van der Waals surface area contributed by atoms with E-state index in [9.17, 15) is 9.65 Å². The number of benzene rings is 2. The quantitative estimate of drug-likeness (QED) is 0.378. The van der Waals surface area contributed by atoms with E-state index in [0.717, 1.165) is 25.3 Å². The molecule has 1 aliphatic rings. The first kappa shape index (κ1) is 20.4. The van der Waals surface area contributed by atoms with E-state index in [-0.39, 0.29) is 11.6 Å². The molecule has 0 atom stereocenters. The van der Waals surface area contributed by atoms with Crippen molar-refractivity contribution in [2.75, 3.05) is 30.8 Å². The Hall–Kier alpha value is -3.86. The van der Waals surface area contributed by atoms with Crippen molar-refractivity contribution >= 4 is 17.5 Å². The minimum Gasteiger partial charge on any atom is -0.382 e. The van der Waals surface area contributed by atoms with Crippen LogP contribution < -0.4 is 16.0 Å². The fourth-order valence-electron chi connectivity index (χ4n) is 3.86. The first-order valence-corrected chi connectivity index (χ1v) is 10.2. The molecule has 1 aliphatic heterocycles. The number of nitrogens with zero attached hydrogens (tertiary/aromatic N) is 5. The van der Waals surface area contributed by atoms with Gasteiger partial charge >= 0.3 is 0 Å². The van der Waals surface area contributed by atoms with Crippen LogP contribution in [0.1, 0.15) is 23.2 Å². The lowest BCUT2D eigenvalue weighted by atomic mass is 10.1. The molecule has 1 aromatic heterocycles. The Kier molecular flexibility index (Phi) is 5.85. The van der Waals surface area contributed by atoms with Crippen LogP contribution >= 0.6 is 0 Å². The molecule has 0 radical (unpaired) electrons. The standard InChI is InChI=1S/C23H24FN7/c1-27-23(30-14-12-16-5-2-3-7-21(16)30)28-13-4-6-20-19(15-25)22(26)31(29-20)18-10-8-17(24)9-11-18/h2-3,5,7-11H,4,6,12-14,26H2,1H3,(H,27,28). The summed E-state index contributed by atoms with van der Waals surface area (Å²) < 4.78 is 14.7. The first-order chi connectivity index (χ1) is 15.1. The summed E-state index contributed by atoms with van der Waals surface area (Å²) in [4.78, 5) is 6.61. The van der Waals surface area contributed by atoms with Crippen LogP contribution in [0.2, 0.25) is 0 Å². The van der Waals surface area contributed by atoms with Gasteiger partial charge in [-0.15, -0.1) is 0 Å². The predicted octanol–water partition coefficient (Wildman–Crippen LogP) is 3.04. The van der Waals surface area contributed by atoms with Crippen LogP contribution in [-0.2, 0) is 12.8 Å². The van der Waals surface area contributed by atoms with E-state index in [0.29, 0.717) is 29.9 Å². The zero-order valence-corrected chi connectivity index (χ0v) is 17.3. The average Bonchev–Trinajstić information content (AvgIpc) is 3.35. The second kappa shape index (κ2) is 8.88. The molecule has 0 fully saturated rings. The minimum absolute atomic E-state index is 0.265. The van der Waals surface area contributed by atoms with E-state index in [1.165, 1.54) is 28.1 Å². The van der Waals surface area contributed by atoms with Gasteiger partial charge in [0, 0.05) is 25.8 Å². The number of aromatic nitrogens is 2. The molecule has 7 nitrogen and oxygen atoms in total. The molecule has 3 N–H and O–H groups in total. The maximum atomic E-state index is 13.2. The normalized spacial score (nSPS) is 13.2. The number of aryl methyl sites for hydroxylation is 1. The van der Waals surface area contributed by atoms with Crippen LogP contribution in [0.3, 0.4) is 0 Å². The summed E-state index contributed by atoms with van der Waals surface area (Å²) >= 11 is 0. The lowest BCUT2D eigenvalue weighted by molar-refractivity contribution is 0.627. The number of halogens is 1. The van der Waals surface area contributed by atoms with Crippen molar-refractivity contribution in [2.45, 2.75) is 19.3 Å². The van der Waals surface area contributed by atoms with Gasteiger partial charge in [-0.25, -0.2) is 9.07 Å². The highest BCUT2D eigenvalue weighted by Gasteiger charge is 2.22. The molecule has 0 aliphatic carbocycles. The molecule has 0 amide bonds. The second-order valence-electron chi connectivity index (χ2n) is 7.31. The van der Waals surface area contributed by atoms with Gasteiger partial charge in [0.05, 0.1) is 11.4 Å². The Labute approximate surface area is 180 Å². The zero-order valence-electron chi connectivity index (χ0n) is 17.3. The number of hydrogen-bond donors (Lipinski definition) is 2. The van der Waals surface area contributed by atoms with Gasteiger partial charge in [-0.3, -0.25) is 4.99 Å². The number of fused-ring (bicyclic) bond motifs is 1. The first-order valence-electron chi connectivity index (χ1n) is 10.2.